The van der Waals surface area contributed by atoms with Crippen LogP contribution in [-0.2, 0) is 6.42 Å². The zero-order valence-electron chi connectivity index (χ0n) is 11.2. The van der Waals surface area contributed by atoms with Crippen molar-refractivity contribution in [3.8, 4) is 0 Å². The molecule has 1 aromatic carbocycles. The minimum atomic E-state index is -0.208. The Hall–Kier alpha value is -0.820. The van der Waals surface area contributed by atoms with E-state index in [0.29, 0.717) is 5.92 Å². The first-order valence-corrected chi connectivity index (χ1v) is 6.15. The number of aliphatic hydroxyl groups excluding tert-OH is 1. The Morgan fingerprint density at radius 1 is 1.06 bits per heavy atom. The van der Waals surface area contributed by atoms with E-state index in [-0.39, 0.29) is 6.10 Å². The Bertz CT molecular complexity index is 329. The van der Waals surface area contributed by atoms with E-state index in [1.54, 1.807) is 0 Å². The van der Waals surface area contributed by atoms with E-state index in [2.05, 4.69) is 46.8 Å². The molecule has 0 aliphatic carbocycles. The number of hydrogen-bond donors (Lipinski definition) is 1. The van der Waals surface area contributed by atoms with E-state index < -0.39 is 0 Å². The molecule has 1 aromatic rings. The Morgan fingerprint density at radius 2 is 1.56 bits per heavy atom. The maximum atomic E-state index is 9.99. The molecule has 0 amide bonds. The molecular weight excluding hydrogens is 196 g/mol. The summed E-state index contributed by atoms with van der Waals surface area (Å²) in [6.07, 6.45) is 1.46. The molecule has 0 saturated carbocycles. The monoisotopic (exact) mass is 220 g/mol. The van der Waals surface area contributed by atoms with E-state index in [4.69, 9.17) is 0 Å². The highest BCUT2D eigenvalue weighted by Crippen LogP contribution is 2.20. The van der Waals surface area contributed by atoms with Gasteiger partial charge in [0, 0.05) is 0 Å². The molecule has 0 fully saturated rings. The molecular formula is C15H24O. The van der Waals surface area contributed by atoms with Crippen molar-refractivity contribution in [1.82, 2.24) is 0 Å². The Labute approximate surface area is 99.5 Å². The molecule has 1 atom stereocenters. The first-order valence-electron chi connectivity index (χ1n) is 6.15. The van der Waals surface area contributed by atoms with Gasteiger partial charge >= 0.3 is 0 Å². The zero-order valence-corrected chi connectivity index (χ0v) is 11.2. The van der Waals surface area contributed by atoms with Crippen LogP contribution in [0.4, 0.5) is 0 Å². The number of aryl methyl sites for hydroxylation is 3. The summed E-state index contributed by atoms with van der Waals surface area (Å²) in [7, 11) is 0. The third-order valence-corrected chi connectivity index (χ3v) is 3.02. The molecule has 0 heterocycles. The first-order chi connectivity index (χ1) is 7.40. The lowest BCUT2D eigenvalue weighted by Gasteiger charge is -2.17. The normalized spacial score (nSPS) is 13.2. The van der Waals surface area contributed by atoms with Gasteiger partial charge in [-0.15, -0.1) is 0 Å². The van der Waals surface area contributed by atoms with E-state index in [0.717, 1.165) is 12.8 Å². The summed E-state index contributed by atoms with van der Waals surface area (Å²) in [5.74, 6) is 0.557. The highest BCUT2D eigenvalue weighted by atomic mass is 16.3. The lowest BCUT2D eigenvalue weighted by Crippen LogP contribution is -2.15. The van der Waals surface area contributed by atoms with Gasteiger partial charge in [-0.2, -0.15) is 0 Å². The van der Waals surface area contributed by atoms with Crippen LogP contribution in [0.15, 0.2) is 12.1 Å². The van der Waals surface area contributed by atoms with Crippen molar-refractivity contribution in [2.75, 3.05) is 0 Å². The minimum absolute atomic E-state index is 0.208. The van der Waals surface area contributed by atoms with E-state index in [1.807, 2.05) is 0 Å². The molecule has 1 nitrogen and oxygen atoms in total. The van der Waals surface area contributed by atoms with Crippen molar-refractivity contribution < 1.29 is 5.11 Å². The van der Waals surface area contributed by atoms with Crippen LogP contribution in [0.3, 0.4) is 0 Å². The van der Waals surface area contributed by atoms with Gasteiger partial charge in [-0.05, 0) is 56.2 Å². The third-order valence-electron chi connectivity index (χ3n) is 3.02. The Balaban J connectivity index is 2.81. The summed E-state index contributed by atoms with van der Waals surface area (Å²) >= 11 is 0. The Morgan fingerprint density at radius 3 is 2.00 bits per heavy atom. The maximum absolute atomic E-state index is 9.99. The van der Waals surface area contributed by atoms with Gasteiger partial charge < -0.3 is 5.11 Å². The number of aliphatic hydroxyl groups is 1. The van der Waals surface area contributed by atoms with Gasteiger partial charge in [-0.1, -0.05) is 31.5 Å². The molecule has 1 heteroatoms. The lowest BCUT2D eigenvalue weighted by molar-refractivity contribution is 0.149. The summed E-state index contributed by atoms with van der Waals surface area (Å²) in [6, 6.07) is 4.40. The van der Waals surface area contributed by atoms with Crippen molar-refractivity contribution in [3.63, 3.8) is 0 Å². The standard InChI is InChI=1S/C15H24O/c1-10(2)6-14(16)9-15-12(4)7-11(3)8-13(15)5/h7-8,10,14,16H,6,9H2,1-5H3. The molecule has 0 aromatic heterocycles. The van der Waals surface area contributed by atoms with Gasteiger partial charge in [0.05, 0.1) is 6.10 Å². The fourth-order valence-corrected chi connectivity index (χ4v) is 2.39. The highest BCUT2D eigenvalue weighted by molar-refractivity contribution is 5.37. The van der Waals surface area contributed by atoms with Crippen molar-refractivity contribution in [3.05, 3.63) is 34.4 Å². The number of benzene rings is 1. The van der Waals surface area contributed by atoms with E-state index >= 15 is 0 Å². The third kappa shape index (κ3) is 3.64. The van der Waals surface area contributed by atoms with Gasteiger partial charge in [0.2, 0.25) is 0 Å². The molecule has 90 valence electrons. The second-order valence-electron chi connectivity index (χ2n) is 5.36. The topological polar surface area (TPSA) is 20.2 Å². The predicted octanol–water partition coefficient (Wildman–Crippen LogP) is 3.56. The molecule has 0 aliphatic rings. The second kappa shape index (κ2) is 5.49. The molecule has 1 rings (SSSR count). The van der Waals surface area contributed by atoms with Gasteiger partial charge in [0.15, 0.2) is 0 Å². The van der Waals surface area contributed by atoms with Crippen LogP contribution < -0.4 is 0 Å². The summed E-state index contributed by atoms with van der Waals surface area (Å²) in [6.45, 7) is 10.7. The quantitative estimate of drug-likeness (QED) is 0.822. The summed E-state index contributed by atoms with van der Waals surface area (Å²) in [5, 5.41) is 9.99. The molecule has 1 unspecified atom stereocenters. The molecule has 0 saturated heterocycles. The van der Waals surface area contributed by atoms with Crippen LogP contribution in [0.2, 0.25) is 0 Å². The lowest BCUT2D eigenvalue weighted by atomic mass is 9.92. The van der Waals surface area contributed by atoms with Gasteiger partial charge in [0.25, 0.3) is 0 Å². The van der Waals surface area contributed by atoms with E-state index in [1.165, 1.54) is 22.3 Å². The predicted molar refractivity (Wildman–Crippen MR) is 69.8 cm³/mol. The van der Waals surface area contributed by atoms with E-state index in [9.17, 15) is 5.11 Å². The largest absolute Gasteiger partial charge is 0.393 e. The minimum Gasteiger partial charge on any atom is -0.393 e. The molecule has 0 spiro atoms. The molecule has 0 radical (unpaired) electrons. The first kappa shape index (κ1) is 13.2. The highest BCUT2D eigenvalue weighted by Gasteiger charge is 2.11. The average molecular weight is 220 g/mol. The Kier molecular flexibility index (Phi) is 4.55. The fraction of sp³-hybridized carbons (Fsp3) is 0.600. The van der Waals surface area contributed by atoms with Gasteiger partial charge in [0.1, 0.15) is 0 Å². The van der Waals surface area contributed by atoms with Crippen LogP contribution in [0, 0.1) is 26.7 Å². The van der Waals surface area contributed by atoms with Crippen molar-refractivity contribution in [2.24, 2.45) is 5.92 Å². The van der Waals surface area contributed by atoms with Gasteiger partial charge in [-0.25, -0.2) is 0 Å². The molecule has 0 bridgehead atoms. The van der Waals surface area contributed by atoms with Crippen LogP contribution >= 0.6 is 0 Å². The van der Waals surface area contributed by atoms with Crippen LogP contribution in [0.1, 0.15) is 42.5 Å². The van der Waals surface area contributed by atoms with Crippen LogP contribution in [0.5, 0.6) is 0 Å². The summed E-state index contributed by atoms with van der Waals surface area (Å²) in [5.41, 5.74) is 5.23. The van der Waals surface area contributed by atoms with Crippen LogP contribution in [-0.4, -0.2) is 11.2 Å². The SMILES string of the molecule is Cc1cc(C)c(CC(O)CC(C)C)c(C)c1. The van der Waals surface area contributed by atoms with Crippen LogP contribution in [0.25, 0.3) is 0 Å². The molecule has 1 N–H and O–H groups in total. The number of rotatable bonds is 4. The second-order valence-corrected chi connectivity index (χ2v) is 5.36. The summed E-state index contributed by atoms with van der Waals surface area (Å²) < 4.78 is 0. The average Bonchev–Trinajstić information content (AvgIpc) is 2.09. The maximum Gasteiger partial charge on any atom is 0.0583 e. The van der Waals surface area contributed by atoms with Crippen molar-refractivity contribution in [1.29, 1.82) is 0 Å². The summed E-state index contributed by atoms with van der Waals surface area (Å²) in [4.78, 5) is 0. The van der Waals surface area contributed by atoms with Crippen molar-refractivity contribution >= 4 is 0 Å². The smallest absolute Gasteiger partial charge is 0.0583 e. The molecule has 16 heavy (non-hydrogen) atoms. The fourth-order valence-electron chi connectivity index (χ4n) is 2.39. The molecule has 0 aliphatic heterocycles. The van der Waals surface area contributed by atoms with Gasteiger partial charge in [-0.3, -0.25) is 0 Å². The zero-order chi connectivity index (χ0) is 12.3. The van der Waals surface area contributed by atoms with Crippen molar-refractivity contribution in [2.45, 2.75) is 53.6 Å². The number of hydrogen-bond acceptors (Lipinski definition) is 1.